The van der Waals surface area contributed by atoms with Crippen LogP contribution in [0.4, 0.5) is 0 Å². The van der Waals surface area contributed by atoms with Crippen LogP contribution in [0.15, 0.2) is 35.9 Å². The number of ether oxygens (including phenoxy) is 1. The third kappa shape index (κ3) is 3.01. The summed E-state index contributed by atoms with van der Waals surface area (Å²) in [5, 5.41) is 56.3. The van der Waals surface area contributed by atoms with Gasteiger partial charge in [-0.3, -0.25) is 4.79 Å². The molecule has 1 aromatic rings. The molecule has 36 heavy (non-hydrogen) atoms. The second-order valence-electron chi connectivity index (χ2n) is 11.9. The van der Waals surface area contributed by atoms with E-state index >= 15 is 0 Å². The largest absolute Gasteiger partial charge is 0.508 e. The first-order valence-electron chi connectivity index (χ1n) is 12.8. The number of aliphatic hydroxyl groups excluding tert-OH is 1. The number of hydrogen-bond donors (Lipinski definition) is 5. The Morgan fingerprint density at radius 1 is 1.03 bits per heavy atom. The molecule has 3 saturated carbocycles. The first kappa shape index (κ1) is 25.4. The Labute approximate surface area is 210 Å². The summed E-state index contributed by atoms with van der Waals surface area (Å²) in [5.74, 6) is -1.79. The van der Waals surface area contributed by atoms with E-state index in [1.165, 1.54) is 31.2 Å². The highest BCUT2D eigenvalue weighted by Gasteiger charge is 2.81. The fourth-order valence-electron chi connectivity index (χ4n) is 8.17. The van der Waals surface area contributed by atoms with Gasteiger partial charge in [0.1, 0.15) is 28.7 Å². The van der Waals surface area contributed by atoms with Gasteiger partial charge in [0, 0.05) is 5.92 Å². The lowest BCUT2D eigenvalue weighted by Crippen LogP contribution is -2.78. The highest BCUT2D eigenvalue weighted by atomic mass is 16.5. The number of carbonyl (C=O) groups is 2. The molecule has 196 valence electrons. The zero-order chi connectivity index (χ0) is 26.3. The van der Waals surface area contributed by atoms with E-state index in [2.05, 4.69) is 0 Å². The number of hydrogen-bond acceptors (Lipinski definition) is 8. The van der Waals surface area contributed by atoms with Crippen molar-refractivity contribution >= 4 is 11.8 Å². The van der Waals surface area contributed by atoms with Crippen LogP contribution in [0.2, 0.25) is 0 Å². The van der Waals surface area contributed by atoms with Crippen LogP contribution in [0.5, 0.6) is 5.75 Å². The quantitative estimate of drug-likeness (QED) is 0.314. The highest BCUT2D eigenvalue weighted by Crippen LogP contribution is 2.70. The van der Waals surface area contributed by atoms with Gasteiger partial charge in [0.05, 0.1) is 17.1 Å². The number of phenolic OH excluding ortho intramolecular Hbond substituents is 1. The minimum Gasteiger partial charge on any atom is -0.508 e. The van der Waals surface area contributed by atoms with E-state index in [0.717, 1.165) is 5.57 Å². The van der Waals surface area contributed by atoms with Crippen LogP contribution in [0.25, 0.3) is 0 Å². The Bertz CT molecular complexity index is 1130. The lowest BCUT2D eigenvalue weighted by Gasteiger charge is -2.67. The maximum Gasteiger partial charge on any atom is 0.338 e. The summed E-state index contributed by atoms with van der Waals surface area (Å²) in [7, 11) is 0. The summed E-state index contributed by atoms with van der Waals surface area (Å²) in [6.45, 7) is 4.84. The smallest absolute Gasteiger partial charge is 0.338 e. The summed E-state index contributed by atoms with van der Waals surface area (Å²) < 4.78 is 6.01. The number of phenols is 1. The second-order valence-corrected chi connectivity index (χ2v) is 11.9. The van der Waals surface area contributed by atoms with Crippen molar-refractivity contribution in [3.05, 3.63) is 41.5 Å². The van der Waals surface area contributed by atoms with Gasteiger partial charge in [-0.2, -0.15) is 0 Å². The number of ketones is 1. The first-order chi connectivity index (χ1) is 16.7. The van der Waals surface area contributed by atoms with Gasteiger partial charge < -0.3 is 30.3 Å². The van der Waals surface area contributed by atoms with E-state index in [4.69, 9.17) is 4.74 Å². The summed E-state index contributed by atoms with van der Waals surface area (Å²) in [4.78, 5) is 26.1. The van der Waals surface area contributed by atoms with Crippen molar-refractivity contribution in [3.8, 4) is 5.75 Å². The molecular formula is C28H36O8. The molecule has 0 spiro atoms. The first-order valence-corrected chi connectivity index (χ1v) is 12.8. The number of rotatable bonds is 3. The standard InChI is InChI=1S/C28H36O8/c1-16(29)26(33)12-13-28(35)25(26,3)22(36-23(32)17-4-6-19(30)7-5-17)15-21-24(2)10-9-20(31)14-18(24)8-11-27(21,28)34/h4-8,20-22,30-31,33-35H,9-15H2,1-3H3/t20?,21-,22-,24+,25-,26-,27+,28-/m1/s1. The maximum atomic E-state index is 13.2. The number of carbonyl (C=O) groups excluding carboxylic acids is 2. The Kier molecular flexibility index (Phi) is 5.55. The molecule has 0 aromatic heterocycles. The van der Waals surface area contributed by atoms with Crippen LogP contribution < -0.4 is 0 Å². The Morgan fingerprint density at radius 2 is 1.69 bits per heavy atom. The third-order valence-corrected chi connectivity index (χ3v) is 10.5. The zero-order valence-corrected chi connectivity index (χ0v) is 21.0. The lowest BCUT2D eigenvalue weighted by atomic mass is 9.42. The normalized spacial score (nSPS) is 45.6. The van der Waals surface area contributed by atoms with E-state index in [-0.39, 0.29) is 37.0 Å². The molecule has 8 atom stereocenters. The van der Waals surface area contributed by atoms with Gasteiger partial charge in [0.15, 0.2) is 5.78 Å². The average molecular weight is 501 g/mol. The van der Waals surface area contributed by atoms with Gasteiger partial charge in [-0.25, -0.2) is 4.79 Å². The van der Waals surface area contributed by atoms with Gasteiger partial charge in [-0.05, 0) is 88.5 Å². The minimum absolute atomic E-state index is 0.00806. The number of fused-ring (bicyclic) bond motifs is 5. The highest BCUT2D eigenvalue weighted by molar-refractivity contribution is 5.90. The molecule has 0 heterocycles. The molecule has 0 amide bonds. The number of benzene rings is 1. The van der Waals surface area contributed by atoms with Gasteiger partial charge in [0.2, 0.25) is 0 Å². The van der Waals surface area contributed by atoms with Crippen molar-refractivity contribution < 1.29 is 39.9 Å². The molecule has 0 saturated heterocycles. The molecule has 4 aliphatic carbocycles. The molecular weight excluding hydrogens is 464 g/mol. The molecule has 0 bridgehead atoms. The number of aromatic hydroxyl groups is 1. The summed E-state index contributed by atoms with van der Waals surface area (Å²) in [5.41, 5.74) is -6.60. The summed E-state index contributed by atoms with van der Waals surface area (Å²) >= 11 is 0. The molecule has 1 unspecified atom stereocenters. The molecule has 0 radical (unpaired) electrons. The molecule has 5 rings (SSSR count). The van der Waals surface area contributed by atoms with Crippen molar-refractivity contribution in [2.75, 3.05) is 0 Å². The monoisotopic (exact) mass is 500 g/mol. The summed E-state index contributed by atoms with van der Waals surface area (Å²) in [6, 6.07) is 5.57. The van der Waals surface area contributed by atoms with E-state index in [0.29, 0.717) is 19.3 Å². The van der Waals surface area contributed by atoms with Crippen LogP contribution >= 0.6 is 0 Å². The predicted molar refractivity (Wildman–Crippen MR) is 129 cm³/mol. The predicted octanol–water partition coefficient (Wildman–Crippen LogP) is 2.40. The summed E-state index contributed by atoms with van der Waals surface area (Å²) in [6.07, 6.45) is 2.15. The second kappa shape index (κ2) is 7.87. The fourth-order valence-corrected chi connectivity index (χ4v) is 8.17. The van der Waals surface area contributed by atoms with Crippen LogP contribution in [0.1, 0.15) is 76.1 Å². The Morgan fingerprint density at radius 3 is 2.33 bits per heavy atom. The maximum absolute atomic E-state index is 13.2. The number of aliphatic hydroxyl groups is 4. The molecule has 1 aromatic carbocycles. The van der Waals surface area contributed by atoms with Gasteiger partial charge in [-0.1, -0.05) is 18.6 Å². The van der Waals surface area contributed by atoms with Crippen molar-refractivity contribution in [1.82, 2.24) is 0 Å². The van der Waals surface area contributed by atoms with E-state index in [1.54, 1.807) is 6.92 Å². The number of Topliss-reactive ketones (excluding diaryl/α,β-unsaturated/α-hetero) is 1. The van der Waals surface area contributed by atoms with Crippen molar-refractivity contribution in [3.63, 3.8) is 0 Å². The molecule has 0 aliphatic heterocycles. The molecule has 3 fully saturated rings. The van der Waals surface area contributed by atoms with Gasteiger partial charge in [-0.15, -0.1) is 0 Å². The molecule has 8 nitrogen and oxygen atoms in total. The van der Waals surface area contributed by atoms with Crippen molar-refractivity contribution in [2.45, 2.75) is 94.7 Å². The van der Waals surface area contributed by atoms with Gasteiger partial charge in [0.25, 0.3) is 0 Å². The fraction of sp³-hybridized carbons (Fsp3) is 0.643. The lowest BCUT2D eigenvalue weighted by molar-refractivity contribution is -0.312. The van der Waals surface area contributed by atoms with Crippen LogP contribution in [0.3, 0.4) is 0 Å². The minimum atomic E-state index is -2.00. The SMILES string of the molecule is CC(=O)[C@]1(O)CC[C@@]2(O)[C@]1(C)[C@H](OC(=O)c1ccc(O)cc1)C[C@@H]1[C@@]3(C)CCC(O)CC3=CC[C@]12O. The van der Waals surface area contributed by atoms with Gasteiger partial charge >= 0.3 is 5.97 Å². The molecule has 8 heteroatoms. The van der Waals surface area contributed by atoms with Crippen molar-refractivity contribution in [1.29, 1.82) is 0 Å². The Hall–Kier alpha value is -2.26. The van der Waals surface area contributed by atoms with Crippen LogP contribution in [-0.2, 0) is 9.53 Å². The van der Waals surface area contributed by atoms with Crippen LogP contribution in [0, 0.1) is 16.7 Å². The average Bonchev–Trinajstić information content (AvgIpc) is 3.06. The molecule has 4 aliphatic rings. The van der Waals surface area contributed by atoms with Crippen molar-refractivity contribution in [2.24, 2.45) is 16.7 Å². The van der Waals surface area contributed by atoms with Crippen LogP contribution in [-0.4, -0.2) is 66.3 Å². The third-order valence-electron chi connectivity index (χ3n) is 10.5. The number of esters is 1. The topological polar surface area (TPSA) is 145 Å². The van der Waals surface area contributed by atoms with E-state index in [1.807, 2.05) is 13.0 Å². The molecule has 5 N–H and O–H groups in total. The Balaban J connectivity index is 1.64. The zero-order valence-electron chi connectivity index (χ0n) is 21.0. The van der Waals surface area contributed by atoms with E-state index in [9.17, 15) is 35.1 Å². The van der Waals surface area contributed by atoms with E-state index < -0.39 is 57.5 Å².